The number of rotatable bonds is 8. The SMILES string of the molecule is COc1cc([C@H]2C(C(=O)c3cccs3)=C(O)C(=O)N2Cc2ccncc2)cc(OC)c1OC. The Kier molecular flexibility index (Phi) is 6.32. The zero-order valence-corrected chi connectivity index (χ0v) is 19.1. The van der Waals surface area contributed by atoms with Crippen molar-refractivity contribution in [2.24, 2.45) is 0 Å². The number of aliphatic hydroxyl groups excluding tert-OH is 1. The third-order valence-electron chi connectivity index (χ3n) is 5.40. The minimum Gasteiger partial charge on any atom is -0.503 e. The molecule has 1 amide bonds. The average molecular weight is 467 g/mol. The lowest BCUT2D eigenvalue weighted by Crippen LogP contribution is -2.30. The Morgan fingerprint density at radius 3 is 2.30 bits per heavy atom. The summed E-state index contributed by atoms with van der Waals surface area (Å²) in [5.41, 5.74) is 1.34. The first-order valence-corrected chi connectivity index (χ1v) is 10.9. The van der Waals surface area contributed by atoms with Crippen molar-refractivity contribution in [1.82, 2.24) is 9.88 Å². The summed E-state index contributed by atoms with van der Waals surface area (Å²) in [6.45, 7) is 0.161. The molecular formula is C24H22N2O6S. The van der Waals surface area contributed by atoms with Gasteiger partial charge in [0.05, 0.1) is 37.8 Å². The Morgan fingerprint density at radius 2 is 1.76 bits per heavy atom. The van der Waals surface area contributed by atoms with Crippen LogP contribution in [0.3, 0.4) is 0 Å². The second-order valence-corrected chi connectivity index (χ2v) is 8.17. The van der Waals surface area contributed by atoms with Crippen LogP contribution in [0.25, 0.3) is 0 Å². The number of hydrogen-bond acceptors (Lipinski definition) is 8. The summed E-state index contributed by atoms with van der Waals surface area (Å²) >= 11 is 1.24. The molecule has 4 rings (SSSR count). The van der Waals surface area contributed by atoms with Gasteiger partial charge in [-0.1, -0.05) is 6.07 Å². The summed E-state index contributed by atoms with van der Waals surface area (Å²) in [7, 11) is 4.47. The van der Waals surface area contributed by atoms with Crippen LogP contribution >= 0.6 is 11.3 Å². The Bertz CT molecular complexity index is 1180. The predicted molar refractivity (Wildman–Crippen MR) is 122 cm³/mol. The Hall–Kier alpha value is -3.85. The maximum absolute atomic E-state index is 13.4. The number of ether oxygens (including phenoxy) is 3. The van der Waals surface area contributed by atoms with Crippen molar-refractivity contribution in [3.8, 4) is 17.2 Å². The van der Waals surface area contributed by atoms with E-state index in [0.29, 0.717) is 27.7 Å². The molecule has 0 spiro atoms. The normalized spacial score (nSPS) is 15.7. The van der Waals surface area contributed by atoms with Gasteiger partial charge in [-0.3, -0.25) is 14.6 Å². The highest BCUT2D eigenvalue weighted by Crippen LogP contribution is 2.46. The van der Waals surface area contributed by atoms with Crippen molar-refractivity contribution in [3.63, 3.8) is 0 Å². The summed E-state index contributed by atoms with van der Waals surface area (Å²) in [5, 5.41) is 12.6. The third-order valence-corrected chi connectivity index (χ3v) is 6.27. The number of benzene rings is 1. The molecule has 0 unspecified atom stereocenters. The van der Waals surface area contributed by atoms with E-state index in [1.165, 1.54) is 37.6 Å². The Labute approximate surface area is 194 Å². The molecule has 1 N–H and O–H groups in total. The molecule has 3 aromatic rings. The number of thiophene rings is 1. The van der Waals surface area contributed by atoms with Gasteiger partial charge in [0.25, 0.3) is 5.91 Å². The van der Waals surface area contributed by atoms with Gasteiger partial charge < -0.3 is 24.2 Å². The molecule has 1 aliphatic heterocycles. The van der Waals surface area contributed by atoms with Crippen molar-refractivity contribution in [1.29, 1.82) is 0 Å². The monoisotopic (exact) mass is 466 g/mol. The van der Waals surface area contributed by atoms with E-state index in [-0.39, 0.29) is 12.1 Å². The van der Waals surface area contributed by atoms with Crippen LogP contribution in [0.1, 0.15) is 26.8 Å². The van der Waals surface area contributed by atoms with Crippen LogP contribution in [-0.4, -0.2) is 48.0 Å². The van der Waals surface area contributed by atoms with E-state index in [1.54, 1.807) is 54.2 Å². The number of amides is 1. The largest absolute Gasteiger partial charge is 0.503 e. The number of Topliss-reactive ketones (excluding diaryl/α,β-unsaturated/α-hetero) is 1. The summed E-state index contributed by atoms with van der Waals surface area (Å²) in [5.74, 6) is -0.485. The molecule has 0 fully saturated rings. The maximum Gasteiger partial charge on any atom is 0.290 e. The lowest BCUT2D eigenvalue weighted by Gasteiger charge is -2.28. The van der Waals surface area contributed by atoms with Crippen molar-refractivity contribution in [2.45, 2.75) is 12.6 Å². The van der Waals surface area contributed by atoms with Crippen LogP contribution < -0.4 is 14.2 Å². The molecule has 0 saturated carbocycles. The molecule has 0 bridgehead atoms. The van der Waals surface area contributed by atoms with E-state index in [0.717, 1.165) is 5.56 Å². The van der Waals surface area contributed by atoms with Gasteiger partial charge in [0.2, 0.25) is 11.5 Å². The number of nitrogens with zero attached hydrogens (tertiary/aromatic N) is 2. The van der Waals surface area contributed by atoms with Gasteiger partial charge in [-0.2, -0.15) is 0 Å². The standard InChI is InChI=1S/C24H22N2O6S/c1-30-16-11-15(12-17(31-2)23(16)32-3)20-19(21(27)18-5-4-10-33-18)22(28)24(29)26(20)13-14-6-8-25-9-7-14/h4-12,20,28H,13H2,1-3H3/t20-/m0/s1. The zero-order chi connectivity index (χ0) is 23.5. The fourth-order valence-electron chi connectivity index (χ4n) is 3.88. The average Bonchev–Trinajstić information content (AvgIpc) is 3.47. The molecule has 1 atom stereocenters. The molecule has 9 heteroatoms. The van der Waals surface area contributed by atoms with E-state index >= 15 is 0 Å². The zero-order valence-electron chi connectivity index (χ0n) is 18.3. The molecule has 0 saturated heterocycles. The van der Waals surface area contributed by atoms with Crippen LogP contribution in [-0.2, 0) is 11.3 Å². The van der Waals surface area contributed by atoms with Crippen molar-refractivity contribution in [2.75, 3.05) is 21.3 Å². The smallest absolute Gasteiger partial charge is 0.290 e. The van der Waals surface area contributed by atoms with E-state index in [1.807, 2.05) is 0 Å². The first kappa shape index (κ1) is 22.3. The van der Waals surface area contributed by atoms with Crippen molar-refractivity contribution < 1.29 is 28.9 Å². The second-order valence-electron chi connectivity index (χ2n) is 7.22. The van der Waals surface area contributed by atoms with Crippen LogP contribution in [0.15, 0.2) is 65.5 Å². The predicted octanol–water partition coefficient (Wildman–Crippen LogP) is 3.95. The van der Waals surface area contributed by atoms with Crippen LogP contribution in [0.2, 0.25) is 0 Å². The number of pyridine rings is 1. The molecule has 1 aromatic carbocycles. The first-order chi connectivity index (χ1) is 16.0. The molecule has 2 aromatic heterocycles. The maximum atomic E-state index is 13.4. The lowest BCUT2D eigenvalue weighted by atomic mass is 9.94. The number of carbonyl (C=O) groups is 2. The summed E-state index contributed by atoms with van der Waals surface area (Å²) in [6.07, 6.45) is 3.24. The van der Waals surface area contributed by atoms with Gasteiger partial charge in [-0.05, 0) is 46.8 Å². The fraction of sp³-hybridized carbons (Fsp3) is 0.208. The number of carbonyl (C=O) groups excluding carboxylic acids is 2. The van der Waals surface area contributed by atoms with Crippen molar-refractivity contribution >= 4 is 23.0 Å². The van der Waals surface area contributed by atoms with Crippen LogP contribution in [0, 0.1) is 0 Å². The van der Waals surface area contributed by atoms with Gasteiger partial charge in [0.15, 0.2) is 17.3 Å². The highest BCUT2D eigenvalue weighted by atomic mass is 32.1. The number of aliphatic hydroxyl groups is 1. The van der Waals surface area contributed by atoms with Gasteiger partial charge in [0.1, 0.15) is 0 Å². The molecular weight excluding hydrogens is 444 g/mol. The van der Waals surface area contributed by atoms with Gasteiger partial charge in [-0.25, -0.2) is 0 Å². The molecule has 1 aliphatic rings. The van der Waals surface area contributed by atoms with Gasteiger partial charge in [-0.15, -0.1) is 11.3 Å². The summed E-state index contributed by atoms with van der Waals surface area (Å²) in [6, 6.07) is 9.45. The quantitative estimate of drug-likeness (QED) is 0.502. The van der Waals surface area contributed by atoms with E-state index in [2.05, 4.69) is 4.98 Å². The second kappa shape index (κ2) is 9.33. The molecule has 0 aliphatic carbocycles. The number of aromatic nitrogens is 1. The minimum absolute atomic E-state index is 0.00535. The molecule has 170 valence electrons. The number of methoxy groups -OCH3 is 3. The minimum atomic E-state index is -0.867. The first-order valence-electron chi connectivity index (χ1n) is 10.0. The fourth-order valence-corrected chi connectivity index (χ4v) is 4.56. The summed E-state index contributed by atoms with van der Waals surface area (Å²) < 4.78 is 16.4. The molecule has 0 radical (unpaired) electrons. The highest BCUT2D eigenvalue weighted by Gasteiger charge is 2.44. The van der Waals surface area contributed by atoms with Crippen LogP contribution in [0.5, 0.6) is 17.2 Å². The summed E-state index contributed by atoms with van der Waals surface area (Å²) in [4.78, 5) is 32.5. The van der Waals surface area contributed by atoms with Gasteiger partial charge in [0, 0.05) is 18.9 Å². The topological polar surface area (TPSA) is 98.2 Å². The van der Waals surface area contributed by atoms with Crippen LogP contribution in [0.4, 0.5) is 0 Å². The molecule has 33 heavy (non-hydrogen) atoms. The number of ketones is 1. The van der Waals surface area contributed by atoms with E-state index in [9.17, 15) is 14.7 Å². The molecule has 3 heterocycles. The van der Waals surface area contributed by atoms with Crippen molar-refractivity contribution in [3.05, 3.63) is 81.5 Å². The Morgan fingerprint density at radius 1 is 1.09 bits per heavy atom. The van der Waals surface area contributed by atoms with E-state index < -0.39 is 23.5 Å². The highest BCUT2D eigenvalue weighted by molar-refractivity contribution is 7.12. The lowest BCUT2D eigenvalue weighted by molar-refractivity contribution is -0.130. The van der Waals surface area contributed by atoms with E-state index in [4.69, 9.17) is 14.2 Å². The third kappa shape index (κ3) is 4.03. The molecule has 8 nitrogen and oxygen atoms in total. The number of hydrogen-bond donors (Lipinski definition) is 1. The van der Waals surface area contributed by atoms with Gasteiger partial charge >= 0.3 is 0 Å². The Balaban J connectivity index is 1.88.